The van der Waals surface area contributed by atoms with Crippen molar-refractivity contribution in [2.24, 2.45) is 5.73 Å². The molecule has 0 aromatic heterocycles. The minimum atomic E-state index is -4.74. The van der Waals surface area contributed by atoms with E-state index in [9.17, 15) is 18.0 Å². The number of hydrogen-bond donors (Lipinski definition) is 1. The molecule has 0 aliphatic carbocycles. The Bertz CT molecular complexity index is 430. The molecule has 0 radical (unpaired) electrons. The number of amides is 1. The van der Waals surface area contributed by atoms with Crippen LogP contribution in [0.2, 0.25) is 0 Å². The van der Waals surface area contributed by atoms with Gasteiger partial charge < -0.3 is 15.4 Å². The van der Waals surface area contributed by atoms with Crippen LogP contribution >= 0.6 is 0 Å². The van der Waals surface area contributed by atoms with E-state index < -0.39 is 6.36 Å². The first kappa shape index (κ1) is 15.3. The molecule has 0 heterocycles. The largest absolute Gasteiger partial charge is 0.573 e. The van der Waals surface area contributed by atoms with Crippen molar-refractivity contribution in [2.45, 2.75) is 19.3 Å². The van der Waals surface area contributed by atoms with Crippen molar-refractivity contribution in [3.8, 4) is 5.75 Å². The fourth-order valence-electron chi connectivity index (χ4n) is 1.53. The number of rotatable bonds is 4. The van der Waals surface area contributed by atoms with Gasteiger partial charge in [0, 0.05) is 25.2 Å². The summed E-state index contributed by atoms with van der Waals surface area (Å²) in [5.41, 5.74) is 5.84. The third kappa shape index (κ3) is 5.17. The normalized spacial score (nSPS) is 12.9. The zero-order valence-corrected chi connectivity index (χ0v) is 10.6. The SMILES string of the molecule is CC(N)CN(C)C(=O)c1ccc(OC(F)(F)F)cc1. The second-order valence-corrected chi connectivity index (χ2v) is 4.24. The van der Waals surface area contributed by atoms with Crippen LogP contribution < -0.4 is 10.5 Å². The van der Waals surface area contributed by atoms with Crippen molar-refractivity contribution >= 4 is 5.91 Å². The first-order chi connectivity index (χ1) is 8.69. The van der Waals surface area contributed by atoms with Crippen molar-refractivity contribution in [3.05, 3.63) is 29.8 Å². The first-order valence-electron chi connectivity index (χ1n) is 5.56. The molecule has 1 rings (SSSR count). The molecular weight excluding hydrogens is 261 g/mol. The summed E-state index contributed by atoms with van der Waals surface area (Å²) in [4.78, 5) is 13.3. The second-order valence-electron chi connectivity index (χ2n) is 4.24. The lowest BCUT2D eigenvalue weighted by Gasteiger charge is -2.19. The monoisotopic (exact) mass is 276 g/mol. The molecule has 0 saturated carbocycles. The van der Waals surface area contributed by atoms with Gasteiger partial charge in [0.15, 0.2) is 0 Å². The van der Waals surface area contributed by atoms with Crippen LogP contribution in [0.25, 0.3) is 0 Å². The Morgan fingerprint density at radius 3 is 2.32 bits per heavy atom. The number of nitrogens with zero attached hydrogens (tertiary/aromatic N) is 1. The lowest BCUT2D eigenvalue weighted by atomic mass is 10.2. The number of benzene rings is 1. The number of nitrogens with two attached hydrogens (primary N) is 1. The predicted molar refractivity (Wildman–Crippen MR) is 63.7 cm³/mol. The minimum absolute atomic E-state index is 0.179. The third-order valence-electron chi connectivity index (χ3n) is 2.24. The van der Waals surface area contributed by atoms with E-state index in [1.807, 2.05) is 0 Å². The molecule has 0 spiro atoms. The topological polar surface area (TPSA) is 55.6 Å². The lowest BCUT2D eigenvalue weighted by molar-refractivity contribution is -0.274. The van der Waals surface area contributed by atoms with Crippen molar-refractivity contribution in [1.29, 1.82) is 0 Å². The van der Waals surface area contributed by atoms with Gasteiger partial charge in [-0.2, -0.15) is 0 Å². The standard InChI is InChI=1S/C12H15F3N2O2/c1-8(16)7-17(2)11(18)9-3-5-10(6-4-9)19-12(13,14)15/h3-6,8H,7,16H2,1-2H3. The Labute approximate surface area is 108 Å². The van der Waals surface area contributed by atoms with Gasteiger partial charge in [0.2, 0.25) is 0 Å². The highest BCUT2D eigenvalue weighted by Gasteiger charge is 2.31. The van der Waals surface area contributed by atoms with Gasteiger partial charge in [0.1, 0.15) is 5.75 Å². The molecule has 4 nitrogen and oxygen atoms in total. The maximum atomic E-state index is 12.0. The van der Waals surface area contributed by atoms with Crippen molar-refractivity contribution in [1.82, 2.24) is 4.90 Å². The molecule has 106 valence electrons. The van der Waals surface area contributed by atoms with E-state index in [0.717, 1.165) is 12.1 Å². The van der Waals surface area contributed by atoms with Gasteiger partial charge in [-0.1, -0.05) is 0 Å². The average molecular weight is 276 g/mol. The van der Waals surface area contributed by atoms with Crippen molar-refractivity contribution in [3.63, 3.8) is 0 Å². The number of carbonyl (C=O) groups excluding carboxylic acids is 1. The van der Waals surface area contributed by atoms with Gasteiger partial charge in [0.25, 0.3) is 5.91 Å². The van der Waals surface area contributed by atoms with Crippen LogP contribution in [0.1, 0.15) is 17.3 Å². The molecule has 1 aromatic carbocycles. The fraction of sp³-hybridized carbons (Fsp3) is 0.417. The Balaban J connectivity index is 2.73. The maximum absolute atomic E-state index is 12.0. The summed E-state index contributed by atoms with van der Waals surface area (Å²) >= 11 is 0. The van der Waals surface area contributed by atoms with Gasteiger partial charge in [-0.15, -0.1) is 13.2 Å². The van der Waals surface area contributed by atoms with Gasteiger partial charge in [-0.25, -0.2) is 0 Å². The van der Waals surface area contributed by atoms with Crippen LogP contribution in [-0.2, 0) is 0 Å². The van der Waals surface area contributed by atoms with E-state index in [1.54, 1.807) is 14.0 Å². The van der Waals surface area contributed by atoms with Crippen LogP contribution in [-0.4, -0.2) is 36.8 Å². The maximum Gasteiger partial charge on any atom is 0.573 e. The Morgan fingerprint density at radius 1 is 1.37 bits per heavy atom. The van der Waals surface area contributed by atoms with Crippen LogP contribution in [0, 0.1) is 0 Å². The van der Waals surface area contributed by atoms with E-state index in [4.69, 9.17) is 5.73 Å². The van der Waals surface area contributed by atoms with Crippen LogP contribution in [0.3, 0.4) is 0 Å². The number of carbonyl (C=O) groups is 1. The highest BCUT2D eigenvalue weighted by molar-refractivity contribution is 5.94. The van der Waals surface area contributed by atoms with E-state index in [1.165, 1.54) is 17.0 Å². The number of likely N-dealkylation sites (N-methyl/N-ethyl adjacent to an activating group) is 1. The van der Waals surface area contributed by atoms with Gasteiger partial charge in [-0.05, 0) is 31.2 Å². The summed E-state index contributed by atoms with van der Waals surface area (Å²) in [6, 6.07) is 4.57. The molecule has 0 saturated heterocycles. The highest BCUT2D eigenvalue weighted by atomic mass is 19.4. The van der Waals surface area contributed by atoms with E-state index in [0.29, 0.717) is 6.54 Å². The zero-order chi connectivity index (χ0) is 14.6. The average Bonchev–Trinajstić information content (AvgIpc) is 2.26. The van der Waals surface area contributed by atoms with Crippen LogP contribution in [0.4, 0.5) is 13.2 Å². The van der Waals surface area contributed by atoms with Gasteiger partial charge >= 0.3 is 6.36 Å². The number of hydrogen-bond acceptors (Lipinski definition) is 3. The van der Waals surface area contributed by atoms with Crippen LogP contribution in [0.15, 0.2) is 24.3 Å². The van der Waals surface area contributed by atoms with E-state index >= 15 is 0 Å². The van der Waals surface area contributed by atoms with E-state index in [-0.39, 0.29) is 23.3 Å². The van der Waals surface area contributed by atoms with Gasteiger partial charge in [-0.3, -0.25) is 4.79 Å². The molecule has 0 aliphatic heterocycles. The quantitative estimate of drug-likeness (QED) is 0.915. The summed E-state index contributed by atoms with van der Waals surface area (Å²) in [6.45, 7) is 2.11. The molecule has 1 atom stereocenters. The first-order valence-corrected chi connectivity index (χ1v) is 5.56. The molecular formula is C12H15F3N2O2. The number of halogens is 3. The Hall–Kier alpha value is -1.76. The molecule has 2 N–H and O–H groups in total. The highest BCUT2D eigenvalue weighted by Crippen LogP contribution is 2.22. The lowest BCUT2D eigenvalue weighted by Crippen LogP contribution is -2.36. The van der Waals surface area contributed by atoms with Crippen molar-refractivity contribution < 1.29 is 22.7 Å². The minimum Gasteiger partial charge on any atom is -0.406 e. The number of alkyl halides is 3. The summed E-state index contributed by atoms with van der Waals surface area (Å²) in [6.07, 6.45) is -4.74. The molecule has 19 heavy (non-hydrogen) atoms. The van der Waals surface area contributed by atoms with E-state index in [2.05, 4.69) is 4.74 Å². The smallest absolute Gasteiger partial charge is 0.406 e. The Kier molecular flexibility index (Phi) is 4.77. The predicted octanol–water partition coefficient (Wildman–Crippen LogP) is 2.00. The van der Waals surface area contributed by atoms with Crippen LogP contribution in [0.5, 0.6) is 5.75 Å². The summed E-state index contributed by atoms with van der Waals surface area (Å²) in [5, 5.41) is 0. The summed E-state index contributed by atoms with van der Waals surface area (Å²) in [5.74, 6) is -0.672. The molecule has 7 heteroatoms. The third-order valence-corrected chi connectivity index (χ3v) is 2.24. The zero-order valence-electron chi connectivity index (χ0n) is 10.6. The van der Waals surface area contributed by atoms with Crippen molar-refractivity contribution in [2.75, 3.05) is 13.6 Å². The second kappa shape index (κ2) is 5.92. The molecule has 0 fully saturated rings. The fourth-order valence-corrected chi connectivity index (χ4v) is 1.53. The molecule has 1 amide bonds. The van der Waals surface area contributed by atoms with Gasteiger partial charge in [0.05, 0.1) is 0 Å². The molecule has 1 unspecified atom stereocenters. The molecule has 0 bridgehead atoms. The Morgan fingerprint density at radius 2 is 1.89 bits per heavy atom. The summed E-state index contributed by atoms with van der Waals surface area (Å²) in [7, 11) is 1.58. The summed E-state index contributed by atoms with van der Waals surface area (Å²) < 4.78 is 39.6. The number of ether oxygens (including phenoxy) is 1. The molecule has 1 aromatic rings. The molecule has 0 aliphatic rings.